The molecule has 110 valence electrons. The number of hydrogen-bond acceptors (Lipinski definition) is 3. The van der Waals surface area contributed by atoms with Crippen molar-refractivity contribution < 1.29 is 23.5 Å². The molecule has 1 rings (SSSR count). The molecule has 1 amide bonds. The largest absolute Gasteiger partial charge is 0.478 e. The van der Waals surface area contributed by atoms with Crippen LogP contribution in [0, 0.1) is 11.6 Å². The molecule has 7 heteroatoms. The monoisotopic (exact) mass is 286 g/mol. The summed E-state index contributed by atoms with van der Waals surface area (Å²) in [4.78, 5) is 22.1. The summed E-state index contributed by atoms with van der Waals surface area (Å²) in [5, 5.41) is 13.7. The smallest absolute Gasteiger partial charge is 0.338 e. The summed E-state index contributed by atoms with van der Waals surface area (Å²) in [5.74, 6) is -4.73. The van der Waals surface area contributed by atoms with Crippen molar-refractivity contribution in [2.45, 2.75) is 26.3 Å². The Hall–Kier alpha value is -2.18. The van der Waals surface area contributed by atoms with Crippen LogP contribution in [0.1, 0.15) is 31.1 Å². The van der Waals surface area contributed by atoms with Crippen molar-refractivity contribution in [2.24, 2.45) is 0 Å². The lowest BCUT2D eigenvalue weighted by Crippen LogP contribution is -2.43. The molecule has 0 atom stereocenters. The minimum Gasteiger partial charge on any atom is -0.478 e. The average molecular weight is 286 g/mol. The molecule has 0 bridgehead atoms. The van der Waals surface area contributed by atoms with E-state index >= 15 is 0 Å². The fourth-order valence-electron chi connectivity index (χ4n) is 1.49. The lowest BCUT2D eigenvalue weighted by atomic mass is 10.1. The topological polar surface area (TPSA) is 78.4 Å². The summed E-state index contributed by atoms with van der Waals surface area (Å²) in [7, 11) is 0. The number of hydrogen-bond donors (Lipinski definition) is 3. The highest BCUT2D eigenvalue weighted by molar-refractivity contribution is 5.88. The number of halogens is 2. The Balaban J connectivity index is 2.78. The summed E-state index contributed by atoms with van der Waals surface area (Å²) < 4.78 is 27.0. The molecule has 0 unspecified atom stereocenters. The second-order valence-electron chi connectivity index (χ2n) is 5.25. The fraction of sp³-hybridized carbons (Fsp3) is 0.385. The molecule has 5 nitrogen and oxygen atoms in total. The fourth-order valence-corrected chi connectivity index (χ4v) is 1.49. The first-order valence-electron chi connectivity index (χ1n) is 5.88. The first-order chi connectivity index (χ1) is 9.11. The zero-order chi connectivity index (χ0) is 15.5. The van der Waals surface area contributed by atoms with Gasteiger partial charge in [-0.3, -0.25) is 4.79 Å². The van der Waals surface area contributed by atoms with Crippen molar-refractivity contribution in [2.75, 3.05) is 11.9 Å². The highest BCUT2D eigenvalue weighted by Gasteiger charge is 2.19. The molecule has 0 radical (unpaired) electrons. The van der Waals surface area contributed by atoms with E-state index in [1.165, 1.54) is 0 Å². The number of rotatable bonds is 4. The molecule has 1 aromatic carbocycles. The predicted molar refractivity (Wildman–Crippen MR) is 69.7 cm³/mol. The van der Waals surface area contributed by atoms with Gasteiger partial charge in [-0.2, -0.15) is 0 Å². The lowest BCUT2D eigenvalue weighted by molar-refractivity contribution is -0.120. The first kappa shape index (κ1) is 15.9. The number of carboxylic acid groups (broad SMARTS) is 1. The molecule has 0 aliphatic heterocycles. The number of carbonyl (C=O) groups excluding carboxylic acids is 1. The van der Waals surface area contributed by atoms with Gasteiger partial charge in [0, 0.05) is 5.54 Å². The van der Waals surface area contributed by atoms with Crippen LogP contribution in [0.4, 0.5) is 14.5 Å². The number of nitrogens with one attached hydrogen (secondary N) is 2. The summed E-state index contributed by atoms with van der Waals surface area (Å²) in [6.45, 7) is 5.10. The molecule has 0 saturated heterocycles. The van der Waals surface area contributed by atoms with E-state index in [9.17, 15) is 18.4 Å². The molecule has 0 saturated carbocycles. The molecular formula is C13H16F2N2O3. The second kappa shape index (κ2) is 5.85. The molecule has 0 heterocycles. The summed E-state index contributed by atoms with van der Waals surface area (Å²) >= 11 is 0. The van der Waals surface area contributed by atoms with Crippen molar-refractivity contribution in [3.05, 3.63) is 29.3 Å². The standard InChI is InChI=1S/C13H16F2N2O3/c1-13(2,3)17-9(18)6-16-8-5-4-7(12(19)20)10(14)11(8)15/h4-5,16H,6H2,1-3H3,(H,17,18)(H,19,20). The van der Waals surface area contributed by atoms with Crippen LogP contribution >= 0.6 is 0 Å². The third-order valence-electron chi connectivity index (χ3n) is 2.27. The van der Waals surface area contributed by atoms with Crippen LogP contribution < -0.4 is 10.6 Å². The number of carboxylic acids is 1. The van der Waals surface area contributed by atoms with E-state index < -0.39 is 28.7 Å². The maximum atomic E-state index is 13.6. The number of amides is 1. The molecule has 0 aliphatic carbocycles. The van der Waals surface area contributed by atoms with E-state index in [0.717, 1.165) is 12.1 Å². The second-order valence-corrected chi connectivity index (χ2v) is 5.25. The maximum absolute atomic E-state index is 13.6. The number of benzene rings is 1. The Morgan fingerprint density at radius 1 is 1.20 bits per heavy atom. The average Bonchev–Trinajstić information content (AvgIpc) is 2.28. The van der Waals surface area contributed by atoms with Gasteiger partial charge in [-0.1, -0.05) is 0 Å². The highest BCUT2D eigenvalue weighted by atomic mass is 19.2. The van der Waals surface area contributed by atoms with E-state index in [0.29, 0.717) is 0 Å². The van der Waals surface area contributed by atoms with Crippen molar-refractivity contribution in [1.82, 2.24) is 5.32 Å². The lowest BCUT2D eigenvalue weighted by Gasteiger charge is -2.20. The molecular weight excluding hydrogens is 270 g/mol. The van der Waals surface area contributed by atoms with Crippen molar-refractivity contribution in [1.29, 1.82) is 0 Å². The first-order valence-corrected chi connectivity index (χ1v) is 5.88. The van der Waals surface area contributed by atoms with Crippen LogP contribution in [0.5, 0.6) is 0 Å². The molecule has 0 aromatic heterocycles. The number of anilines is 1. The maximum Gasteiger partial charge on any atom is 0.338 e. The summed E-state index contributed by atoms with van der Waals surface area (Å²) in [6, 6.07) is 2.01. The predicted octanol–water partition coefficient (Wildman–Crippen LogP) is 1.99. The molecule has 1 aromatic rings. The quantitative estimate of drug-likeness (QED) is 0.791. The zero-order valence-corrected chi connectivity index (χ0v) is 11.4. The van der Waals surface area contributed by atoms with Gasteiger partial charge in [-0.15, -0.1) is 0 Å². The third kappa shape index (κ3) is 4.18. The van der Waals surface area contributed by atoms with Gasteiger partial charge in [-0.05, 0) is 32.9 Å². The van der Waals surface area contributed by atoms with E-state index in [1.807, 2.05) is 0 Å². The van der Waals surface area contributed by atoms with Gasteiger partial charge in [-0.25, -0.2) is 13.6 Å². The van der Waals surface area contributed by atoms with Crippen molar-refractivity contribution in [3.63, 3.8) is 0 Å². The van der Waals surface area contributed by atoms with E-state index in [2.05, 4.69) is 10.6 Å². The Kier molecular flexibility index (Phi) is 4.65. The molecule has 0 aliphatic rings. The van der Waals surface area contributed by atoms with Gasteiger partial charge >= 0.3 is 5.97 Å². The highest BCUT2D eigenvalue weighted by Crippen LogP contribution is 2.20. The van der Waals surface area contributed by atoms with E-state index in [4.69, 9.17) is 5.11 Å². The van der Waals surface area contributed by atoms with Crippen LogP contribution in [-0.4, -0.2) is 29.1 Å². The Labute approximate surface area is 115 Å². The molecule has 0 fully saturated rings. The summed E-state index contributed by atoms with van der Waals surface area (Å²) in [5.41, 5.74) is -1.46. The minimum atomic E-state index is -1.56. The van der Waals surface area contributed by atoms with Gasteiger partial charge in [0.25, 0.3) is 0 Å². The Morgan fingerprint density at radius 2 is 1.80 bits per heavy atom. The van der Waals surface area contributed by atoms with Gasteiger partial charge in [0.2, 0.25) is 5.91 Å². The zero-order valence-electron chi connectivity index (χ0n) is 11.4. The van der Waals surface area contributed by atoms with Crippen LogP contribution in [0.25, 0.3) is 0 Å². The molecule has 0 spiro atoms. The van der Waals surface area contributed by atoms with Gasteiger partial charge in [0.1, 0.15) is 0 Å². The van der Waals surface area contributed by atoms with Crippen molar-refractivity contribution >= 4 is 17.6 Å². The van der Waals surface area contributed by atoms with E-state index in [-0.39, 0.29) is 18.1 Å². The summed E-state index contributed by atoms with van der Waals surface area (Å²) in [6.07, 6.45) is 0. The molecule has 3 N–H and O–H groups in total. The van der Waals surface area contributed by atoms with Crippen LogP contribution in [0.2, 0.25) is 0 Å². The van der Waals surface area contributed by atoms with Gasteiger partial charge in [0.05, 0.1) is 17.8 Å². The van der Waals surface area contributed by atoms with Crippen LogP contribution in [-0.2, 0) is 4.79 Å². The van der Waals surface area contributed by atoms with Crippen LogP contribution in [0.3, 0.4) is 0 Å². The normalized spacial score (nSPS) is 11.1. The van der Waals surface area contributed by atoms with Gasteiger partial charge in [0.15, 0.2) is 11.6 Å². The number of aromatic carboxylic acids is 1. The van der Waals surface area contributed by atoms with Crippen molar-refractivity contribution in [3.8, 4) is 0 Å². The Morgan fingerprint density at radius 3 is 2.30 bits per heavy atom. The molecule has 20 heavy (non-hydrogen) atoms. The SMILES string of the molecule is CC(C)(C)NC(=O)CNc1ccc(C(=O)O)c(F)c1F. The van der Waals surface area contributed by atoms with E-state index in [1.54, 1.807) is 20.8 Å². The van der Waals surface area contributed by atoms with Crippen LogP contribution in [0.15, 0.2) is 12.1 Å². The Bertz CT molecular complexity index is 539. The minimum absolute atomic E-state index is 0.250. The number of carbonyl (C=O) groups is 2. The van der Waals surface area contributed by atoms with Gasteiger partial charge < -0.3 is 15.7 Å². The third-order valence-corrected chi connectivity index (χ3v) is 2.27.